The molecule has 84 valence electrons. The maximum atomic E-state index is 11.3. The van der Waals surface area contributed by atoms with Gasteiger partial charge >= 0.3 is 0 Å². The van der Waals surface area contributed by atoms with Gasteiger partial charge < -0.3 is 14.8 Å². The smallest absolute Gasteiger partial charge is 0.251 e. The normalized spacial score (nSPS) is 10.3. The average molecular weight is 213 g/mol. The van der Waals surface area contributed by atoms with Crippen molar-refractivity contribution in [3.63, 3.8) is 0 Å². The summed E-state index contributed by atoms with van der Waals surface area (Å²) in [6, 6.07) is 1.74. The van der Waals surface area contributed by atoms with Crippen LogP contribution in [0.1, 0.15) is 5.69 Å². The van der Waals surface area contributed by atoms with Crippen LogP contribution >= 0.6 is 0 Å². The fraction of sp³-hybridized carbons (Fsp3) is 0.556. The van der Waals surface area contributed by atoms with Crippen LogP contribution in [0, 0.1) is 6.92 Å². The standard InChI is InChI=1S/C9H15N3O3/c1-7-5-8(12-11-7)10-9(13)6-15-4-3-14-2/h5H,3-4,6H2,1-2H3,(H2,10,11,12,13). The number of anilines is 1. The van der Waals surface area contributed by atoms with E-state index in [0.717, 1.165) is 5.69 Å². The van der Waals surface area contributed by atoms with Crippen molar-refractivity contribution < 1.29 is 14.3 Å². The van der Waals surface area contributed by atoms with E-state index in [1.54, 1.807) is 13.2 Å². The van der Waals surface area contributed by atoms with Gasteiger partial charge in [-0.25, -0.2) is 0 Å². The van der Waals surface area contributed by atoms with Gasteiger partial charge in [0.25, 0.3) is 5.91 Å². The third kappa shape index (κ3) is 4.57. The molecule has 0 aliphatic heterocycles. The Hall–Kier alpha value is -1.40. The quantitative estimate of drug-likeness (QED) is 0.667. The Morgan fingerprint density at radius 1 is 1.60 bits per heavy atom. The van der Waals surface area contributed by atoms with Crippen LogP contribution in [0.2, 0.25) is 0 Å². The number of rotatable bonds is 6. The second-order valence-corrected chi connectivity index (χ2v) is 3.03. The molecule has 6 nitrogen and oxygen atoms in total. The van der Waals surface area contributed by atoms with Crippen LogP contribution < -0.4 is 5.32 Å². The number of H-pyrrole nitrogens is 1. The van der Waals surface area contributed by atoms with Crippen LogP contribution in [-0.4, -0.2) is 43.0 Å². The highest BCUT2D eigenvalue weighted by molar-refractivity contribution is 5.90. The second kappa shape index (κ2) is 6.15. The molecule has 1 rings (SSSR count). The van der Waals surface area contributed by atoms with Crippen molar-refractivity contribution in [1.82, 2.24) is 10.2 Å². The van der Waals surface area contributed by atoms with Crippen molar-refractivity contribution in [2.24, 2.45) is 0 Å². The van der Waals surface area contributed by atoms with Crippen molar-refractivity contribution in [2.75, 3.05) is 32.2 Å². The van der Waals surface area contributed by atoms with E-state index < -0.39 is 0 Å². The summed E-state index contributed by atoms with van der Waals surface area (Å²) >= 11 is 0. The van der Waals surface area contributed by atoms with Crippen molar-refractivity contribution in [3.8, 4) is 0 Å². The first-order valence-corrected chi connectivity index (χ1v) is 4.61. The Balaban J connectivity index is 2.18. The lowest BCUT2D eigenvalue weighted by Gasteiger charge is -2.02. The monoisotopic (exact) mass is 213 g/mol. The van der Waals surface area contributed by atoms with Gasteiger partial charge in [-0.15, -0.1) is 0 Å². The molecule has 0 aliphatic rings. The number of aryl methyl sites for hydroxylation is 1. The zero-order chi connectivity index (χ0) is 11.1. The van der Waals surface area contributed by atoms with E-state index in [1.807, 2.05) is 6.92 Å². The highest BCUT2D eigenvalue weighted by Crippen LogP contribution is 2.02. The molecule has 0 saturated carbocycles. The maximum Gasteiger partial charge on any atom is 0.251 e. The highest BCUT2D eigenvalue weighted by atomic mass is 16.5. The largest absolute Gasteiger partial charge is 0.382 e. The number of methoxy groups -OCH3 is 1. The van der Waals surface area contributed by atoms with Gasteiger partial charge in [-0.3, -0.25) is 9.89 Å². The summed E-state index contributed by atoms with van der Waals surface area (Å²) < 4.78 is 9.81. The number of nitrogens with one attached hydrogen (secondary N) is 2. The van der Waals surface area contributed by atoms with Crippen molar-refractivity contribution in [1.29, 1.82) is 0 Å². The SMILES string of the molecule is COCCOCC(=O)Nc1cc(C)[nH]n1. The number of aromatic amines is 1. The summed E-state index contributed by atoms with van der Waals surface area (Å²) in [6.45, 7) is 2.76. The van der Waals surface area contributed by atoms with Crippen LogP contribution in [0.4, 0.5) is 5.82 Å². The number of hydrogen-bond acceptors (Lipinski definition) is 4. The fourth-order valence-electron chi connectivity index (χ4n) is 0.968. The number of carbonyl (C=O) groups excluding carboxylic acids is 1. The molecule has 1 aromatic heterocycles. The van der Waals surface area contributed by atoms with E-state index >= 15 is 0 Å². The fourth-order valence-corrected chi connectivity index (χ4v) is 0.968. The summed E-state index contributed by atoms with van der Waals surface area (Å²) in [6.07, 6.45) is 0. The lowest BCUT2D eigenvalue weighted by molar-refractivity contribution is -0.121. The van der Waals surface area contributed by atoms with Gasteiger partial charge in [0, 0.05) is 18.9 Å². The molecule has 0 radical (unpaired) electrons. The molecule has 0 fully saturated rings. The summed E-state index contributed by atoms with van der Waals surface area (Å²) in [5.41, 5.74) is 0.894. The minimum atomic E-state index is -0.224. The van der Waals surface area contributed by atoms with E-state index in [1.165, 1.54) is 0 Å². The predicted octanol–water partition coefficient (Wildman–Crippen LogP) is 0.320. The third-order valence-electron chi connectivity index (χ3n) is 1.64. The van der Waals surface area contributed by atoms with Gasteiger partial charge in [0.15, 0.2) is 5.82 Å². The van der Waals surface area contributed by atoms with Crippen LogP contribution in [-0.2, 0) is 14.3 Å². The van der Waals surface area contributed by atoms with Gasteiger partial charge in [0.05, 0.1) is 13.2 Å². The van der Waals surface area contributed by atoms with Crippen LogP contribution in [0.25, 0.3) is 0 Å². The molecule has 0 aliphatic carbocycles. The Kier molecular flexibility index (Phi) is 4.79. The Labute approximate surface area is 88.0 Å². The van der Waals surface area contributed by atoms with E-state index in [9.17, 15) is 4.79 Å². The molecule has 2 N–H and O–H groups in total. The van der Waals surface area contributed by atoms with Crippen molar-refractivity contribution >= 4 is 11.7 Å². The number of amides is 1. The van der Waals surface area contributed by atoms with Crippen LogP contribution in [0.3, 0.4) is 0 Å². The van der Waals surface area contributed by atoms with E-state index in [-0.39, 0.29) is 12.5 Å². The number of aromatic nitrogens is 2. The van der Waals surface area contributed by atoms with E-state index in [4.69, 9.17) is 9.47 Å². The molecule has 0 bridgehead atoms. The zero-order valence-electron chi connectivity index (χ0n) is 8.87. The lowest BCUT2D eigenvalue weighted by atomic mass is 10.4. The molecule has 0 aromatic carbocycles. The van der Waals surface area contributed by atoms with Crippen molar-refractivity contribution in [2.45, 2.75) is 6.92 Å². The molecular weight excluding hydrogens is 198 g/mol. The van der Waals surface area contributed by atoms with E-state index in [0.29, 0.717) is 19.0 Å². The second-order valence-electron chi connectivity index (χ2n) is 3.03. The van der Waals surface area contributed by atoms with Crippen molar-refractivity contribution in [3.05, 3.63) is 11.8 Å². The van der Waals surface area contributed by atoms with Gasteiger partial charge in [-0.1, -0.05) is 0 Å². The topological polar surface area (TPSA) is 76.2 Å². The van der Waals surface area contributed by atoms with Crippen LogP contribution in [0.5, 0.6) is 0 Å². The summed E-state index contributed by atoms with van der Waals surface area (Å²) in [4.78, 5) is 11.3. The first-order chi connectivity index (χ1) is 7.22. The molecule has 6 heteroatoms. The third-order valence-corrected chi connectivity index (χ3v) is 1.64. The van der Waals surface area contributed by atoms with Gasteiger partial charge in [0.1, 0.15) is 6.61 Å². The molecule has 0 unspecified atom stereocenters. The number of carbonyl (C=O) groups is 1. The number of ether oxygens (including phenoxy) is 2. The minimum Gasteiger partial charge on any atom is -0.382 e. The molecule has 1 amide bonds. The molecule has 15 heavy (non-hydrogen) atoms. The summed E-state index contributed by atoms with van der Waals surface area (Å²) in [5, 5.41) is 9.18. The first-order valence-electron chi connectivity index (χ1n) is 4.61. The molecular formula is C9H15N3O3. The van der Waals surface area contributed by atoms with Crippen LogP contribution in [0.15, 0.2) is 6.07 Å². The Morgan fingerprint density at radius 2 is 2.40 bits per heavy atom. The minimum absolute atomic E-state index is 0.00919. The Bertz CT molecular complexity index is 311. The molecule has 0 spiro atoms. The summed E-state index contributed by atoms with van der Waals surface area (Å²) in [5.74, 6) is 0.283. The number of hydrogen-bond donors (Lipinski definition) is 2. The van der Waals surface area contributed by atoms with Gasteiger partial charge in [0.2, 0.25) is 0 Å². The average Bonchev–Trinajstić information content (AvgIpc) is 2.59. The first kappa shape index (κ1) is 11.7. The summed E-state index contributed by atoms with van der Waals surface area (Å²) in [7, 11) is 1.58. The predicted molar refractivity (Wildman–Crippen MR) is 54.6 cm³/mol. The lowest BCUT2D eigenvalue weighted by Crippen LogP contribution is -2.19. The molecule has 0 saturated heterocycles. The number of nitrogens with zero attached hydrogens (tertiary/aromatic N) is 1. The van der Waals surface area contributed by atoms with Gasteiger partial charge in [-0.2, -0.15) is 5.10 Å². The molecule has 1 heterocycles. The molecule has 0 atom stereocenters. The maximum absolute atomic E-state index is 11.3. The van der Waals surface area contributed by atoms with E-state index in [2.05, 4.69) is 15.5 Å². The highest BCUT2D eigenvalue weighted by Gasteiger charge is 2.04. The van der Waals surface area contributed by atoms with Gasteiger partial charge in [-0.05, 0) is 6.92 Å². The molecule has 1 aromatic rings. The zero-order valence-corrected chi connectivity index (χ0v) is 8.87. The Morgan fingerprint density at radius 3 is 3.00 bits per heavy atom.